The Balaban J connectivity index is 2.19. The minimum absolute atomic E-state index is 0.0498. The highest BCUT2D eigenvalue weighted by molar-refractivity contribution is 5.87. The Morgan fingerprint density at radius 1 is 1.38 bits per heavy atom. The average molecular weight is 223 g/mol. The van der Waals surface area contributed by atoms with E-state index in [2.05, 4.69) is 11.0 Å². The van der Waals surface area contributed by atoms with Gasteiger partial charge < -0.3 is 0 Å². The van der Waals surface area contributed by atoms with Gasteiger partial charge >= 0.3 is 0 Å². The summed E-state index contributed by atoms with van der Waals surface area (Å²) in [4.78, 5) is 11.5. The fourth-order valence-electron chi connectivity index (χ4n) is 1.77. The number of nitrogens with zero attached hydrogens (tertiary/aromatic N) is 1. The molecule has 1 aliphatic heterocycles. The molecular formula is C11H14FN3O. The monoisotopic (exact) mass is 223 g/mol. The summed E-state index contributed by atoms with van der Waals surface area (Å²) in [5.41, 5.74) is 6.13. The van der Waals surface area contributed by atoms with Gasteiger partial charge in [0.05, 0.1) is 5.69 Å². The van der Waals surface area contributed by atoms with E-state index >= 15 is 0 Å². The van der Waals surface area contributed by atoms with Crippen molar-refractivity contribution in [1.29, 1.82) is 0 Å². The first-order valence-corrected chi connectivity index (χ1v) is 5.32. The minimum atomic E-state index is -0.283. The fourth-order valence-corrected chi connectivity index (χ4v) is 1.77. The molecule has 2 rings (SSSR count). The Morgan fingerprint density at radius 3 is 2.69 bits per heavy atom. The number of hydrazine groups is 2. The van der Waals surface area contributed by atoms with Crippen LogP contribution in [0.4, 0.5) is 10.1 Å². The van der Waals surface area contributed by atoms with Crippen LogP contribution in [0.15, 0.2) is 24.3 Å². The van der Waals surface area contributed by atoms with Crippen LogP contribution in [0.3, 0.4) is 0 Å². The van der Waals surface area contributed by atoms with Gasteiger partial charge in [-0.05, 0) is 30.7 Å². The molecule has 0 aromatic heterocycles. The summed E-state index contributed by atoms with van der Waals surface area (Å²) in [6, 6.07) is 5.82. The first-order chi connectivity index (χ1) is 7.72. The lowest BCUT2D eigenvalue weighted by molar-refractivity contribution is -0.120. The highest BCUT2D eigenvalue weighted by atomic mass is 19.1. The third-order valence-electron chi connectivity index (χ3n) is 2.58. The van der Waals surface area contributed by atoms with Gasteiger partial charge in [0.25, 0.3) is 5.91 Å². The lowest BCUT2D eigenvalue weighted by Gasteiger charge is -2.22. The standard InChI is InChI=1S/C11H14FN3O/c1-2-3-10-11(16)13-14-15(10)9-6-4-8(12)5-7-9/h4-7,10,14H,2-3H2,1H3,(H,13,16)/t10-/m1/s1. The largest absolute Gasteiger partial charge is 0.278 e. The molecule has 2 N–H and O–H groups in total. The van der Waals surface area contributed by atoms with E-state index in [-0.39, 0.29) is 17.8 Å². The number of nitrogens with one attached hydrogen (secondary N) is 2. The number of carbonyl (C=O) groups excluding carboxylic acids is 1. The zero-order valence-corrected chi connectivity index (χ0v) is 9.03. The number of anilines is 1. The highest BCUT2D eigenvalue weighted by Crippen LogP contribution is 2.20. The third-order valence-corrected chi connectivity index (χ3v) is 2.58. The molecule has 0 unspecified atom stereocenters. The third kappa shape index (κ3) is 1.99. The molecule has 0 spiro atoms. The number of hydrogen-bond donors (Lipinski definition) is 2. The zero-order valence-electron chi connectivity index (χ0n) is 9.03. The number of carbonyl (C=O) groups is 1. The Bertz CT molecular complexity index is 379. The molecule has 1 aromatic carbocycles. The summed E-state index contributed by atoms with van der Waals surface area (Å²) in [6.45, 7) is 2.02. The molecule has 0 saturated carbocycles. The Labute approximate surface area is 93.4 Å². The van der Waals surface area contributed by atoms with Crippen LogP contribution in [-0.2, 0) is 4.79 Å². The van der Waals surface area contributed by atoms with Crippen molar-refractivity contribution in [3.05, 3.63) is 30.1 Å². The number of halogens is 1. The molecule has 0 bridgehead atoms. The molecule has 4 nitrogen and oxygen atoms in total. The average Bonchev–Trinajstić information content (AvgIpc) is 2.63. The van der Waals surface area contributed by atoms with Crippen molar-refractivity contribution in [3.8, 4) is 0 Å². The number of benzene rings is 1. The normalized spacial score (nSPS) is 20.0. The maximum Gasteiger partial charge on any atom is 0.259 e. The second kappa shape index (κ2) is 4.49. The number of rotatable bonds is 3. The van der Waals surface area contributed by atoms with Gasteiger partial charge in [-0.25, -0.2) is 4.39 Å². The van der Waals surface area contributed by atoms with Crippen LogP contribution in [0.2, 0.25) is 0 Å². The van der Waals surface area contributed by atoms with E-state index in [1.165, 1.54) is 12.1 Å². The summed E-state index contributed by atoms with van der Waals surface area (Å²) < 4.78 is 12.8. The molecule has 0 radical (unpaired) electrons. The second-order valence-corrected chi connectivity index (χ2v) is 3.75. The second-order valence-electron chi connectivity index (χ2n) is 3.75. The van der Waals surface area contributed by atoms with Crippen LogP contribution in [-0.4, -0.2) is 11.9 Å². The summed E-state index contributed by atoms with van der Waals surface area (Å²) in [5.74, 6) is -0.333. The zero-order chi connectivity index (χ0) is 11.5. The number of hydrogen-bond acceptors (Lipinski definition) is 3. The van der Waals surface area contributed by atoms with Crippen molar-refractivity contribution in [2.75, 3.05) is 5.01 Å². The van der Waals surface area contributed by atoms with Crippen LogP contribution >= 0.6 is 0 Å². The van der Waals surface area contributed by atoms with E-state index in [0.717, 1.165) is 18.5 Å². The molecule has 1 aliphatic rings. The SMILES string of the molecule is CCC[C@@H]1C(=O)NNN1c1ccc(F)cc1. The molecule has 86 valence electrons. The lowest BCUT2D eigenvalue weighted by atomic mass is 10.1. The molecule has 16 heavy (non-hydrogen) atoms. The van der Waals surface area contributed by atoms with Crippen LogP contribution < -0.4 is 16.0 Å². The minimum Gasteiger partial charge on any atom is -0.278 e. The van der Waals surface area contributed by atoms with Crippen LogP contribution in [0.5, 0.6) is 0 Å². The van der Waals surface area contributed by atoms with Gasteiger partial charge in [-0.3, -0.25) is 15.2 Å². The fraction of sp³-hybridized carbons (Fsp3) is 0.364. The summed E-state index contributed by atoms with van der Waals surface area (Å²) >= 11 is 0. The van der Waals surface area contributed by atoms with Crippen molar-refractivity contribution in [2.24, 2.45) is 0 Å². The quantitative estimate of drug-likeness (QED) is 0.813. The lowest BCUT2D eigenvalue weighted by Crippen LogP contribution is -2.39. The van der Waals surface area contributed by atoms with Gasteiger partial charge in [-0.2, -0.15) is 0 Å². The predicted octanol–water partition coefficient (Wildman–Crippen LogP) is 1.35. The van der Waals surface area contributed by atoms with Crippen molar-refractivity contribution < 1.29 is 9.18 Å². The Morgan fingerprint density at radius 2 is 2.06 bits per heavy atom. The summed E-state index contributed by atoms with van der Waals surface area (Å²) in [5, 5.41) is 1.73. The van der Waals surface area contributed by atoms with Crippen molar-refractivity contribution in [2.45, 2.75) is 25.8 Å². The van der Waals surface area contributed by atoms with Crippen molar-refractivity contribution in [1.82, 2.24) is 11.0 Å². The first kappa shape index (κ1) is 10.9. The van der Waals surface area contributed by atoms with Crippen LogP contribution in [0.1, 0.15) is 19.8 Å². The van der Waals surface area contributed by atoms with Crippen molar-refractivity contribution >= 4 is 11.6 Å². The highest BCUT2D eigenvalue weighted by Gasteiger charge is 2.31. The number of amides is 1. The topological polar surface area (TPSA) is 44.4 Å². The summed E-state index contributed by atoms with van der Waals surface area (Å²) in [6.07, 6.45) is 1.67. The molecule has 0 aliphatic carbocycles. The van der Waals surface area contributed by atoms with E-state index in [0.29, 0.717) is 0 Å². The molecule has 5 heteroatoms. The molecule has 1 amide bonds. The molecule has 1 heterocycles. The molecule has 1 fully saturated rings. The van der Waals surface area contributed by atoms with Crippen LogP contribution in [0, 0.1) is 5.82 Å². The molecular weight excluding hydrogens is 209 g/mol. The maximum absolute atomic E-state index is 12.8. The summed E-state index contributed by atoms with van der Waals surface area (Å²) in [7, 11) is 0. The van der Waals surface area contributed by atoms with E-state index < -0.39 is 0 Å². The maximum atomic E-state index is 12.8. The molecule has 1 saturated heterocycles. The smallest absolute Gasteiger partial charge is 0.259 e. The first-order valence-electron chi connectivity index (χ1n) is 5.32. The van der Waals surface area contributed by atoms with Gasteiger partial charge in [0, 0.05) is 0 Å². The van der Waals surface area contributed by atoms with E-state index in [4.69, 9.17) is 0 Å². The van der Waals surface area contributed by atoms with E-state index in [1.807, 2.05) is 6.92 Å². The molecule has 1 aromatic rings. The van der Waals surface area contributed by atoms with Crippen LogP contribution in [0.25, 0.3) is 0 Å². The van der Waals surface area contributed by atoms with E-state index in [9.17, 15) is 9.18 Å². The van der Waals surface area contributed by atoms with Gasteiger partial charge in [0.15, 0.2) is 0 Å². The Hall–Kier alpha value is -1.62. The van der Waals surface area contributed by atoms with Gasteiger partial charge in [0.2, 0.25) is 0 Å². The van der Waals surface area contributed by atoms with Gasteiger partial charge in [-0.1, -0.05) is 13.3 Å². The van der Waals surface area contributed by atoms with E-state index in [1.54, 1.807) is 17.1 Å². The predicted molar refractivity (Wildman–Crippen MR) is 58.9 cm³/mol. The molecule has 1 atom stereocenters. The van der Waals surface area contributed by atoms with Crippen molar-refractivity contribution in [3.63, 3.8) is 0 Å². The van der Waals surface area contributed by atoms with Gasteiger partial charge in [0.1, 0.15) is 11.9 Å². The van der Waals surface area contributed by atoms with Gasteiger partial charge in [-0.15, -0.1) is 5.53 Å². The Kier molecular flexibility index (Phi) is 3.05.